The van der Waals surface area contributed by atoms with E-state index in [4.69, 9.17) is 11.6 Å². The van der Waals surface area contributed by atoms with Gasteiger partial charge in [0.15, 0.2) is 0 Å². The molecule has 0 atom stereocenters. The molecule has 0 bridgehead atoms. The number of fused-ring (bicyclic) bond motifs is 1. The second-order valence-corrected chi connectivity index (χ2v) is 6.38. The predicted octanol–water partition coefficient (Wildman–Crippen LogP) is 3.77. The third-order valence-corrected chi connectivity index (χ3v) is 4.84. The van der Waals surface area contributed by atoms with Crippen molar-refractivity contribution in [3.05, 3.63) is 44.0 Å². The fourth-order valence-corrected chi connectivity index (χ4v) is 3.37. The van der Waals surface area contributed by atoms with Gasteiger partial charge in [0.05, 0.1) is 14.9 Å². The van der Waals surface area contributed by atoms with Crippen LogP contribution in [-0.4, -0.2) is 16.5 Å². The molecule has 0 saturated carbocycles. The van der Waals surface area contributed by atoms with E-state index in [2.05, 4.69) is 15.5 Å². The summed E-state index contributed by atoms with van der Waals surface area (Å²) in [6.45, 7) is 7.85. The van der Waals surface area contributed by atoms with Gasteiger partial charge in [-0.1, -0.05) is 48.9 Å². The normalized spacial score (nSPS) is 16.1. The number of halogens is 2. The van der Waals surface area contributed by atoms with E-state index in [1.165, 1.54) is 23.5 Å². The van der Waals surface area contributed by atoms with Crippen LogP contribution in [0, 0.1) is 5.82 Å². The average molecular weight is 380 g/mol. The lowest BCUT2D eigenvalue weighted by atomic mass is 10.1. The molecule has 132 valence electrons. The molecule has 0 fully saturated rings. The van der Waals surface area contributed by atoms with E-state index in [0.717, 1.165) is 9.88 Å². The SMILES string of the molecule is C/C=c1/nc(N/N=C2/Cc3cc(F)c(Cl)cc3C2=O)s/c1=C/C.CC. The van der Waals surface area contributed by atoms with E-state index < -0.39 is 5.82 Å². The van der Waals surface area contributed by atoms with Crippen LogP contribution in [0.25, 0.3) is 12.2 Å². The number of hydrazone groups is 1. The fourth-order valence-electron chi connectivity index (χ4n) is 2.37. The number of hydrogen-bond acceptors (Lipinski definition) is 5. The van der Waals surface area contributed by atoms with Crippen molar-refractivity contribution in [2.75, 3.05) is 5.43 Å². The van der Waals surface area contributed by atoms with Crippen molar-refractivity contribution in [1.82, 2.24) is 4.98 Å². The lowest BCUT2D eigenvalue weighted by Crippen LogP contribution is -2.19. The van der Waals surface area contributed by atoms with E-state index >= 15 is 0 Å². The lowest BCUT2D eigenvalue weighted by Gasteiger charge is -1.98. The number of rotatable bonds is 2. The first-order valence-electron chi connectivity index (χ1n) is 7.98. The second-order valence-electron chi connectivity index (χ2n) is 4.95. The van der Waals surface area contributed by atoms with Crippen molar-refractivity contribution in [2.24, 2.45) is 5.10 Å². The van der Waals surface area contributed by atoms with Crippen LogP contribution in [-0.2, 0) is 6.42 Å². The summed E-state index contributed by atoms with van der Waals surface area (Å²) in [6.07, 6.45) is 4.15. The summed E-state index contributed by atoms with van der Waals surface area (Å²) in [5.74, 6) is -0.769. The number of anilines is 1. The van der Waals surface area contributed by atoms with Crippen LogP contribution in [0.3, 0.4) is 0 Å². The number of carbonyl (C=O) groups is 1. The topological polar surface area (TPSA) is 54.4 Å². The number of carbonyl (C=O) groups excluding carboxylic acids is 1. The van der Waals surface area contributed by atoms with Gasteiger partial charge < -0.3 is 0 Å². The molecule has 0 saturated heterocycles. The van der Waals surface area contributed by atoms with E-state index in [9.17, 15) is 9.18 Å². The molecule has 3 rings (SSSR count). The van der Waals surface area contributed by atoms with E-state index in [-0.39, 0.29) is 17.2 Å². The molecule has 1 aliphatic rings. The molecule has 0 radical (unpaired) electrons. The van der Waals surface area contributed by atoms with Gasteiger partial charge in [0.25, 0.3) is 0 Å². The van der Waals surface area contributed by atoms with Gasteiger partial charge in [-0.25, -0.2) is 9.37 Å². The van der Waals surface area contributed by atoms with Gasteiger partial charge >= 0.3 is 0 Å². The molecule has 1 heterocycles. The monoisotopic (exact) mass is 379 g/mol. The molecule has 1 aromatic carbocycles. The Morgan fingerprint density at radius 2 is 2.04 bits per heavy atom. The zero-order valence-electron chi connectivity index (χ0n) is 14.5. The fraction of sp³-hybridized carbons (Fsp3) is 0.278. The van der Waals surface area contributed by atoms with Gasteiger partial charge in [-0.05, 0) is 31.5 Å². The molecule has 1 aliphatic carbocycles. The summed E-state index contributed by atoms with van der Waals surface area (Å²) >= 11 is 7.18. The van der Waals surface area contributed by atoms with Crippen LogP contribution in [0.2, 0.25) is 5.02 Å². The highest BCUT2D eigenvalue weighted by atomic mass is 35.5. The van der Waals surface area contributed by atoms with Crippen molar-refractivity contribution in [3.8, 4) is 0 Å². The number of aromatic nitrogens is 1. The molecule has 25 heavy (non-hydrogen) atoms. The summed E-state index contributed by atoms with van der Waals surface area (Å²) in [5.41, 5.74) is 4.14. The smallest absolute Gasteiger partial charge is 0.209 e. The quantitative estimate of drug-likeness (QED) is 0.808. The van der Waals surface area contributed by atoms with Gasteiger partial charge in [-0.15, -0.1) is 0 Å². The zero-order chi connectivity index (χ0) is 18.6. The molecule has 0 amide bonds. The van der Waals surface area contributed by atoms with Gasteiger partial charge in [-0.2, -0.15) is 5.10 Å². The number of nitrogens with zero attached hydrogens (tertiary/aromatic N) is 2. The molecule has 1 aromatic heterocycles. The van der Waals surface area contributed by atoms with Crippen LogP contribution in [0.1, 0.15) is 43.6 Å². The van der Waals surface area contributed by atoms with Crippen LogP contribution >= 0.6 is 22.9 Å². The van der Waals surface area contributed by atoms with Gasteiger partial charge in [0.2, 0.25) is 10.9 Å². The van der Waals surface area contributed by atoms with Gasteiger partial charge in [-0.3, -0.25) is 10.2 Å². The summed E-state index contributed by atoms with van der Waals surface area (Å²) in [5, 5.41) is 5.56. The third-order valence-electron chi connectivity index (χ3n) is 3.51. The number of hydrogen-bond donors (Lipinski definition) is 1. The van der Waals surface area contributed by atoms with E-state index in [1.807, 2.05) is 39.8 Å². The van der Waals surface area contributed by atoms with Crippen molar-refractivity contribution in [2.45, 2.75) is 34.1 Å². The molecule has 7 heteroatoms. The molecule has 0 unspecified atom stereocenters. The Labute approximate surface area is 154 Å². The minimum Gasteiger partial charge on any atom is -0.287 e. The van der Waals surface area contributed by atoms with Gasteiger partial charge in [0.1, 0.15) is 11.5 Å². The Bertz CT molecular complexity index is 918. The van der Waals surface area contributed by atoms with E-state index in [1.54, 1.807) is 0 Å². The number of nitrogens with one attached hydrogen (secondary N) is 1. The zero-order valence-corrected chi connectivity index (χ0v) is 16.1. The second kappa shape index (κ2) is 8.36. The Hall–Kier alpha value is -2.05. The van der Waals surface area contributed by atoms with Crippen LogP contribution in [0.4, 0.5) is 9.52 Å². The first kappa shape index (κ1) is 19.3. The Morgan fingerprint density at radius 3 is 2.64 bits per heavy atom. The molecule has 2 aromatic rings. The molecular formula is C18H19ClFN3OS. The molecule has 1 N–H and O–H groups in total. The van der Waals surface area contributed by atoms with Crippen molar-refractivity contribution < 1.29 is 9.18 Å². The van der Waals surface area contributed by atoms with Crippen LogP contribution in [0.5, 0.6) is 0 Å². The highest BCUT2D eigenvalue weighted by Gasteiger charge is 2.28. The Balaban J connectivity index is 0.00000109. The maximum atomic E-state index is 13.5. The van der Waals surface area contributed by atoms with Gasteiger partial charge in [0, 0.05) is 12.0 Å². The highest BCUT2D eigenvalue weighted by Crippen LogP contribution is 2.26. The maximum Gasteiger partial charge on any atom is 0.209 e. The number of ketones is 1. The number of Topliss-reactive ketones (excluding diaryl/α,β-unsaturated/α-hetero) is 1. The average Bonchev–Trinajstić information content (AvgIpc) is 3.17. The molecular weight excluding hydrogens is 361 g/mol. The summed E-state index contributed by atoms with van der Waals surface area (Å²) in [7, 11) is 0. The maximum absolute atomic E-state index is 13.5. The number of thiazole rings is 1. The van der Waals surface area contributed by atoms with Crippen molar-refractivity contribution >= 4 is 51.7 Å². The minimum atomic E-state index is -0.529. The number of benzene rings is 1. The standard InChI is InChI=1S/C16H13ClFN3OS.C2H6/c1-3-12-14(4-2)23-16(19-12)21-20-13-6-8-5-11(18)10(17)7-9(8)15(13)22;1-2/h3-5,7H,6H2,1-2H3,(H,19,21);1-2H3/b12-3+,14-4+,20-13-;. The lowest BCUT2D eigenvalue weighted by molar-refractivity contribution is 0.106. The van der Waals surface area contributed by atoms with Crippen LogP contribution < -0.4 is 15.3 Å². The minimum absolute atomic E-state index is 0.0579. The Morgan fingerprint density at radius 1 is 1.32 bits per heavy atom. The van der Waals surface area contributed by atoms with E-state index in [0.29, 0.717) is 22.0 Å². The predicted molar refractivity (Wildman–Crippen MR) is 103 cm³/mol. The Kier molecular flexibility index (Phi) is 6.45. The summed E-state index contributed by atoms with van der Waals surface area (Å²) in [6, 6.07) is 2.64. The summed E-state index contributed by atoms with van der Waals surface area (Å²) in [4.78, 5) is 16.7. The first-order chi connectivity index (χ1) is 12.0. The van der Waals surface area contributed by atoms with Crippen LogP contribution in [0.15, 0.2) is 17.2 Å². The third kappa shape index (κ3) is 3.96. The molecule has 0 aliphatic heterocycles. The van der Waals surface area contributed by atoms with Crippen molar-refractivity contribution in [1.29, 1.82) is 0 Å². The molecule has 0 spiro atoms. The first-order valence-corrected chi connectivity index (χ1v) is 9.17. The molecule has 4 nitrogen and oxygen atoms in total. The van der Waals surface area contributed by atoms with Crippen molar-refractivity contribution in [3.63, 3.8) is 0 Å². The summed E-state index contributed by atoms with van der Waals surface area (Å²) < 4.78 is 14.5. The highest BCUT2D eigenvalue weighted by molar-refractivity contribution is 7.13. The largest absolute Gasteiger partial charge is 0.287 e.